The number of hydrogen-bond donors (Lipinski definition) is 1. The van der Waals surface area contributed by atoms with Crippen LogP contribution in [0.3, 0.4) is 0 Å². The number of rotatable bonds is 8. The van der Waals surface area contributed by atoms with Gasteiger partial charge in [-0.25, -0.2) is 9.78 Å². The van der Waals surface area contributed by atoms with Gasteiger partial charge in [0.15, 0.2) is 0 Å². The summed E-state index contributed by atoms with van der Waals surface area (Å²) in [4.78, 5) is 36.5. The molecule has 0 saturated carbocycles. The van der Waals surface area contributed by atoms with Gasteiger partial charge in [-0.2, -0.15) is 0 Å². The summed E-state index contributed by atoms with van der Waals surface area (Å²) in [6.07, 6.45) is 0.957. The average molecular weight is 542 g/mol. The maximum absolute atomic E-state index is 13.3. The number of nitrogens with one attached hydrogen (secondary N) is 1. The lowest BCUT2D eigenvalue weighted by Crippen LogP contribution is -2.36. The molecule has 0 spiro atoms. The van der Waals surface area contributed by atoms with Gasteiger partial charge in [0.2, 0.25) is 0 Å². The SMILES string of the molecule is CN(C)c1nc(Cl)ccc1C(=O)N1CC2CN(CCC(NC(=O)OC3CCOC3)c3ccccc3)C[C@H]2C1. The summed E-state index contributed by atoms with van der Waals surface area (Å²) < 4.78 is 10.9. The Kier molecular flexibility index (Phi) is 8.35. The van der Waals surface area contributed by atoms with Gasteiger partial charge in [-0.05, 0) is 36.0 Å². The number of likely N-dealkylation sites (tertiary alicyclic amines) is 2. The van der Waals surface area contributed by atoms with Crippen molar-refractivity contribution in [3.8, 4) is 0 Å². The van der Waals surface area contributed by atoms with Crippen molar-refractivity contribution >= 4 is 29.4 Å². The van der Waals surface area contributed by atoms with Gasteiger partial charge < -0.3 is 29.5 Å². The number of anilines is 1. The number of pyridine rings is 1. The molecule has 0 bridgehead atoms. The van der Waals surface area contributed by atoms with Crippen molar-refractivity contribution in [1.29, 1.82) is 0 Å². The first-order chi connectivity index (χ1) is 18.4. The summed E-state index contributed by atoms with van der Waals surface area (Å²) >= 11 is 6.07. The molecular weight excluding hydrogens is 506 g/mol. The first-order valence-electron chi connectivity index (χ1n) is 13.3. The molecule has 10 heteroatoms. The zero-order valence-electron chi connectivity index (χ0n) is 22.0. The van der Waals surface area contributed by atoms with E-state index in [-0.39, 0.29) is 18.1 Å². The number of carbonyl (C=O) groups is 2. The molecule has 2 amide bonds. The van der Waals surface area contributed by atoms with Gasteiger partial charge in [0.1, 0.15) is 17.1 Å². The quantitative estimate of drug-likeness (QED) is 0.512. The lowest BCUT2D eigenvalue weighted by Gasteiger charge is -2.25. The molecule has 3 aliphatic rings. The highest BCUT2D eigenvalue weighted by atomic mass is 35.5. The molecule has 0 aliphatic carbocycles. The Morgan fingerprint density at radius 3 is 2.53 bits per heavy atom. The highest BCUT2D eigenvalue weighted by Gasteiger charge is 2.42. The van der Waals surface area contributed by atoms with E-state index in [0.29, 0.717) is 41.6 Å². The Balaban J connectivity index is 1.15. The molecule has 204 valence electrons. The van der Waals surface area contributed by atoms with Gasteiger partial charge in [0, 0.05) is 53.2 Å². The molecule has 3 aliphatic heterocycles. The fourth-order valence-electron chi connectivity index (χ4n) is 5.79. The third-order valence-corrected chi connectivity index (χ3v) is 7.94. The summed E-state index contributed by atoms with van der Waals surface area (Å²) in [6, 6.07) is 13.4. The first-order valence-corrected chi connectivity index (χ1v) is 13.7. The molecule has 38 heavy (non-hydrogen) atoms. The fraction of sp³-hybridized carbons (Fsp3) is 0.536. The van der Waals surface area contributed by atoms with Gasteiger partial charge in [-0.1, -0.05) is 41.9 Å². The molecule has 5 rings (SSSR count). The molecule has 3 unspecified atom stereocenters. The highest BCUT2D eigenvalue weighted by molar-refractivity contribution is 6.29. The highest BCUT2D eigenvalue weighted by Crippen LogP contribution is 2.33. The molecule has 0 radical (unpaired) electrons. The Labute approximate surface area is 229 Å². The van der Waals surface area contributed by atoms with E-state index in [1.54, 1.807) is 12.1 Å². The normalized spacial score (nSPS) is 23.8. The zero-order valence-corrected chi connectivity index (χ0v) is 22.8. The van der Waals surface area contributed by atoms with Gasteiger partial charge in [-0.15, -0.1) is 0 Å². The molecule has 3 saturated heterocycles. The molecular formula is C28H36ClN5O4. The van der Waals surface area contributed by atoms with Crippen LogP contribution >= 0.6 is 11.6 Å². The smallest absolute Gasteiger partial charge is 0.407 e. The summed E-state index contributed by atoms with van der Waals surface area (Å²) in [5, 5.41) is 3.46. The van der Waals surface area contributed by atoms with Crippen LogP contribution in [-0.4, -0.2) is 92.9 Å². The van der Waals surface area contributed by atoms with Crippen LogP contribution in [0, 0.1) is 11.8 Å². The standard InChI is InChI=1S/C28H36ClN5O4/c1-32(2)26-23(8-9-25(29)31-26)27(35)34-16-20-14-33(15-21(20)17-34)12-10-24(19-6-4-3-5-7-19)30-28(36)38-22-11-13-37-18-22/h3-9,20-22,24H,10-18H2,1-2H3,(H,30,36)/t20-,21?,22?,24?/m0/s1. The Morgan fingerprint density at radius 1 is 1.13 bits per heavy atom. The molecule has 4 heterocycles. The molecule has 3 fully saturated rings. The van der Waals surface area contributed by atoms with Crippen molar-refractivity contribution < 1.29 is 19.1 Å². The van der Waals surface area contributed by atoms with E-state index in [9.17, 15) is 9.59 Å². The molecule has 1 N–H and O–H groups in total. The summed E-state index contributed by atoms with van der Waals surface area (Å²) in [7, 11) is 3.74. The minimum absolute atomic E-state index is 0.0123. The molecule has 4 atom stereocenters. The van der Waals surface area contributed by atoms with Crippen LogP contribution in [0.2, 0.25) is 5.15 Å². The molecule has 2 aromatic rings. The van der Waals surface area contributed by atoms with Crippen molar-refractivity contribution in [1.82, 2.24) is 20.1 Å². The fourth-order valence-corrected chi connectivity index (χ4v) is 5.94. The summed E-state index contributed by atoms with van der Waals surface area (Å²) in [5.74, 6) is 1.49. The number of nitrogens with zero attached hydrogens (tertiary/aromatic N) is 4. The van der Waals surface area contributed by atoms with E-state index in [2.05, 4.69) is 15.2 Å². The molecule has 9 nitrogen and oxygen atoms in total. The number of alkyl carbamates (subject to hydrolysis) is 1. The van der Waals surface area contributed by atoms with Gasteiger partial charge in [0.25, 0.3) is 5.91 Å². The van der Waals surface area contributed by atoms with E-state index in [0.717, 1.165) is 51.1 Å². The number of carbonyl (C=O) groups excluding carboxylic acids is 2. The first kappa shape index (κ1) is 26.7. The van der Waals surface area contributed by atoms with Crippen LogP contribution in [0.25, 0.3) is 0 Å². The maximum Gasteiger partial charge on any atom is 0.407 e. The minimum Gasteiger partial charge on any atom is -0.444 e. The third-order valence-electron chi connectivity index (χ3n) is 7.73. The van der Waals surface area contributed by atoms with E-state index in [1.165, 1.54) is 0 Å². The van der Waals surface area contributed by atoms with Crippen molar-refractivity contribution in [2.24, 2.45) is 11.8 Å². The number of fused-ring (bicyclic) bond motifs is 1. The predicted molar refractivity (Wildman–Crippen MR) is 146 cm³/mol. The van der Waals surface area contributed by atoms with Gasteiger partial charge in [-0.3, -0.25) is 4.79 Å². The number of aromatic nitrogens is 1. The minimum atomic E-state index is -0.393. The Bertz CT molecular complexity index is 1110. The second-order valence-corrected chi connectivity index (χ2v) is 11.1. The van der Waals surface area contributed by atoms with Crippen LogP contribution < -0.4 is 10.2 Å². The van der Waals surface area contributed by atoms with E-state index in [4.69, 9.17) is 21.1 Å². The summed E-state index contributed by atoms with van der Waals surface area (Å²) in [6.45, 7) is 5.33. The number of amides is 2. The zero-order chi connectivity index (χ0) is 26.6. The van der Waals surface area contributed by atoms with E-state index < -0.39 is 6.09 Å². The molecule has 1 aromatic heterocycles. The average Bonchev–Trinajstić information content (AvgIpc) is 3.64. The van der Waals surface area contributed by atoms with Crippen molar-refractivity contribution in [3.63, 3.8) is 0 Å². The van der Waals surface area contributed by atoms with Crippen LogP contribution in [0.1, 0.15) is 34.8 Å². The molecule has 1 aromatic carbocycles. The Morgan fingerprint density at radius 2 is 1.87 bits per heavy atom. The number of halogens is 1. The maximum atomic E-state index is 13.3. The number of hydrogen-bond acceptors (Lipinski definition) is 7. The largest absolute Gasteiger partial charge is 0.444 e. The van der Waals surface area contributed by atoms with Crippen molar-refractivity contribution in [3.05, 3.63) is 58.7 Å². The van der Waals surface area contributed by atoms with E-state index in [1.807, 2.05) is 54.2 Å². The predicted octanol–water partition coefficient (Wildman–Crippen LogP) is 3.45. The second-order valence-electron chi connectivity index (χ2n) is 10.7. The lowest BCUT2D eigenvalue weighted by molar-refractivity contribution is 0.0774. The van der Waals surface area contributed by atoms with Crippen LogP contribution in [0.5, 0.6) is 0 Å². The van der Waals surface area contributed by atoms with Crippen molar-refractivity contribution in [2.45, 2.75) is 25.0 Å². The third kappa shape index (κ3) is 6.22. The van der Waals surface area contributed by atoms with Crippen LogP contribution in [-0.2, 0) is 9.47 Å². The number of benzene rings is 1. The lowest BCUT2D eigenvalue weighted by atomic mass is 10.0. The Hall–Kier alpha value is -2.88. The van der Waals surface area contributed by atoms with Gasteiger partial charge in [0.05, 0.1) is 24.8 Å². The second kappa shape index (κ2) is 11.9. The topological polar surface area (TPSA) is 87.2 Å². The van der Waals surface area contributed by atoms with Gasteiger partial charge >= 0.3 is 6.09 Å². The monoisotopic (exact) mass is 541 g/mol. The van der Waals surface area contributed by atoms with Crippen LogP contribution in [0.15, 0.2) is 42.5 Å². The number of ether oxygens (including phenoxy) is 2. The van der Waals surface area contributed by atoms with Crippen LogP contribution in [0.4, 0.5) is 10.6 Å². The van der Waals surface area contributed by atoms with Crippen molar-refractivity contribution in [2.75, 3.05) is 64.9 Å². The summed E-state index contributed by atoms with van der Waals surface area (Å²) in [5.41, 5.74) is 1.65. The van der Waals surface area contributed by atoms with E-state index >= 15 is 0 Å².